The first-order valence-electron chi connectivity index (χ1n) is 9.94. The quantitative estimate of drug-likeness (QED) is 0.286. The third-order valence-corrected chi connectivity index (χ3v) is 5.28. The van der Waals surface area contributed by atoms with Crippen LogP contribution in [0.5, 0.6) is 0 Å². The predicted octanol–water partition coefficient (Wildman–Crippen LogP) is 1.29. The molecule has 0 atom stereocenters. The molecule has 1 amide bonds. The summed E-state index contributed by atoms with van der Waals surface area (Å²) in [6.45, 7) is -0.703. The summed E-state index contributed by atoms with van der Waals surface area (Å²) in [7, 11) is 1.77. The highest BCUT2D eigenvalue weighted by atomic mass is 35.5. The Morgan fingerprint density at radius 2 is 1.88 bits per heavy atom. The smallest absolute Gasteiger partial charge is 0.355 e. The van der Waals surface area contributed by atoms with Gasteiger partial charge < -0.3 is 21.1 Å². The van der Waals surface area contributed by atoms with Gasteiger partial charge in [0.25, 0.3) is 0 Å². The maximum atomic E-state index is 13.2. The Kier molecular flexibility index (Phi) is 8.15. The molecular formula is C21H23ClN6O4S. The van der Waals surface area contributed by atoms with Crippen LogP contribution in [-0.4, -0.2) is 45.3 Å². The molecule has 0 fully saturated rings. The van der Waals surface area contributed by atoms with Gasteiger partial charge in [-0.05, 0) is 35.9 Å². The Morgan fingerprint density at radius 1 is 1.15 bits per heavy atom. The summed E-state index contributed by atoms with van der Waals surface area (Å²) in [5.74, 6) is -0.580. The standard InChI is InChI=1S/C21H23ClN6O4S/c1-23-16-7-6-15(10-17(16)33)25-19-26-20(31)28(12-18(30)24-8-9-29)21(32)27(19)11-13-2-4-14(22)5-3-13/h2-7,10,23,29,33H,8-9,11-12H2,1H3,(H,24,30)(H,25,26,31). The largest absolute Gasteiger partial charge is 0.395 e. The molecule has 174 valence electrons. The maximum Gasteiger partial charge on any atom is 0.355 e. The van der Waals surface area contributed by atoms with Crippen LogP contribution in [0.1, 0.15) is 5.56 Å². The number of hydrogen-bond acceptors (Lipinski definition) is 8. The van der Waals surface area contributed by atoms with Gasteiger partial charge in [0.05, 0.1) is 13.2 Å². The van der Waals surface area contributed by atoms with Crippen LogP contribution in [-0.2, 0) is 17.9 Å². The molecule has 0 spiro atoms. The monoisotopic (exact) mass is 490 g/mol. The van der Waals surface area contributed by atoms with Gasteiger partial charge in [-0.3, -0.25) is 9.36 Å². The van der Waals surface area contributed by atoms with Crippen molar-refractivity contribution in [2.45, 2.75) is 18.0 Å². The molecule has 2 aromatic carbocycles. The van der Waals surface area contributed by atoms with Gasteiger partial charge in [0, 0.05) is 34.9 Å². The van der Waals surface area contributed by atoms with E-state index in [4.69, 9.17) is 16.7 Å². The average molecular weight is 491 g/mol. The van der Waals surface area contributed by atoms with E-state index in [1.807, 2.05) is 0 Å². The lowest BCUT2D eigenvalue weighted by Crippen LogP contribution is -2.46. The first kappa shape index (κ1) is 24.4. The lowest BCUT2D eigenvalue weighted by Gasteiger charge is -2.16. The number of halogens is 1. The van der Waals surface area contributed by atoms with Crippen molar-refractivity contribution in [2.24, 2.45) is 0 Å². The first-order valence-corrected chi connectivity index (χ1v) is 10.8. The number of rotatable bonds is 9. The van der Waals surface area contributed by atoms with Gasteiger partial charge in [0.1, 0.15) is 6.54 Å². The molecule has 0 radical (unpaired) electrons. The number of carbonyl (C=O) groups is 1. The Morgan fingerprint density at radius 3 is 2.52 bits per heavy atom. The van der Waals surface area contributed by atoms with Crippen molar-refractivity contribution in [1.29, 1.82) is 0 Å². The van der Waals surface area contributed by atoms with Crippen molar-refractivity contribution < 1.29 is 9.90 Å². The number of aliphatic hydroxyl groups is 1. The molecule has 1 heterocycles. The fourth-order valence-electron chi connectivity index (χ4n) is 3.02. The van der Waals surface area contributed by atoms with Crippen LogP contribution in [0, 0.1) is 0 Å². The number of aliphatic hydroxyl groups excluding tert-OH is 1. The van der Waals surface area contributed by atoms with Crippen LogP contribution in [0.25, 0.3) is 0 Å². The number of anilines is 3. The van der Waals surface area contributed by atoms with Crippen molar-refractivity contribution in [3.8, 4) is 0 Å². The van der Waals surface area contributed by atoms with Crippen LogP contribution in [0.4, 0.5) is 17.3 Å². The fraction of sp³-hybridized carbons (Fsp3) is 0.238. The zero-order chi connectivity index (χ0) is 24.0. The van der Waals surface area contributed by atoms with E-state index < -0.39 is 23.8 Å². The zero-order valence-corrected chi connectivity index (χ0v) is 19.4. The zero-order valence-electron chi connectivity index (χ0n) is 17.7. The summed E-state index contributed by atoms with van der Waals surface area (Å²) >= 11 is 10.4. The molecule has 0 bridgehead atoms. The first-order chi connectivity index (χ1) is 15.8. The number of thiol groups is 1. The number of carbonyl (C=O) groups excluding carboxylic acids is 1. The highest BCUT2D eigenvalue weighted by Gasteiger charge is 2.16. The lowest BCUT2D eigenvalue weighted by molar-refractivity contribution is -0.121. The summed E-state index contributed by atoms with van der Waals surface area (Å²) < 4.78 is 2.00. The SMILES string of the molecule is CNc1ccc(Nc2nc(=O)n(CC(=O)NCCO)c(=O)n2Cc2ccc(Cl)cc2)cc1S. The van der Waals surface area contributed by atoms with Gasteiger partial charge in [-0.25, -0.2) is 14.2 Å². The minimum Gasteiger partial charge on any atom is -0.395 e. The van der Waals surface area contributed by atoms with E-state index in [0.717, 1.165) is 15.8 Å². The summed E-state index contributed by atoms with van der Waals surface area (Å²) in [5.41, 5.74) is 0.506. The van der Waals surface area contributed by atoms with E-state index in [1.165, 1.54) is 4.57 Å². The van der Waals surface area contributed by atoms with Crippen LogP contribution in [0.2, 0.25) is 5.02 Å². The van der Waals surface area contributed by atoms with Gasteiger partial charge in [-0.1, -0.05) is 23.7 Å². The van der Waals surface area contributed by atoms with Crippen LogP contribution in [0.15, 0.2) is 56.9 Å². The van der Waals surface area contributed by atoms with Gasteiger partial charge in [0.2, 0.25) is 11.9 Å². The molecule has 0 unspecified atom stereocenters. The maximum absolute atomic E-state index is 13.2. The van der Waals surface area contributed by atoms with E-state index >= 15 is 0 Å². The number of amides is 1. The molecule has 33 heavy (non-hydrogen) atoms. The Balaban J connectivity index is 2.04. The van der Waals surface area contributed by atoms with Crippen molar-refractivity contribution in [2.75, 3.05) is 30.8 Å². The minimum absolute atomic E-state index is 0.00822. The molecule has 0 aliphatic carbocycles. The second kappa shape index (κ2) is 11.0. The van der Waals surface area contributed by atoms with Gasteiger partial charge in [0.15, 0.2) is 0 Å². The summed E-state index contributed by atoms with van der Waals surface area (Å²) in [6, 6.07) is 12.1. The second-order valence-corrected chi connectivity index (χ2v) is 7.90. The molecule has 0 aliphatic rings. The highest BCUT2D eigenvalue weighted by Crippen LogP contribution is 2.25. The van der Waals surface area contributed by atoms with E-state index in [9.17, 15) is 14.4 Å². The van der Waals surface area contributed by atoms with Gasteiger partial charge in [-0.2, -0.15) is 4.98 Å². The van der Waals surface area contributed by atoms with Crippen molar-refractivity contribution in [3.05, 3.63) is 74.0 Å². The summed E-state index contributed by atoms with van der Waals surface area (Å²) in [4.78, 5) is 42.5. The summed E-state index contributed by atoms with van der Waals surface area (Å²) in [6.07, 6.45) is 0. The molecule has 0 saturated carbocycles. The second-order valence-electron chi connectivity index (χ2n) is 6.98. The van der Waals surface area contributed by atoms with Crippen molar-refractivity contribution in [3.63, 3.8) is 0 Å². The Labute approximate surface area is 199 Å². The lowest BCUT2D eigenvalue weighted by atomic mass is 10.2. The molecule has 1 aromatic heterocycles. The molecule has 0 saturated heterocycles. The van der Waals surface area contributed by atoms with Crippen molar-refractivity contribution >= 4 is 47.5 Å². The predicted molar refractivity (Wildman–Crippen MR) is 130 cm³/mol. The van der Waals surface area contributed by atoms with Crippen LogP contribution < -0.4 is 27.3 Å². The number of nitrogens with zero attached hydrogens (tertiary/aromatic N) is 3. The van der Waals surface area contributed by atoms with Crippen LogP contribution >= 0.6 is 24.2 Å². The van der Waals surface area contributed by atoms with Crippen LogP contribution in [0.3, 0.4) is 0 Å². The molecule has 4 N–H and O–H groups in total. The topological polar surface area (TPSA) is 130 Å². The Bertz CT molecular complexity index is 1260. The van der Waals surface area contributed by atoms with E-state index in [1.54, 1.807) is 49.5 Å². The number of aromatic nitrogens is 3. The molecule has 10 nitrogen and oxygen atoms in total. The molecule has 12 heteroatoms. The minimum atomic E-state index is -0.882. The summed E-state index contributed by atoms with van der Waals surface area (Å²) in [5, 5.41) is 17.8. The number of nitrogens with one attached hydrogen (secondary N) is 3. The Hall–Kier alpha value is -3.28. The van der Waals surface area contributed by atoms with Gasteiger partial charge in [-0.15, -0.1) is 12.6 Å². The van der Waals surface area contributed by atoms with E-state index in [0.29, 0.717) is 15.6 Å². The molecule has 3 rings (SSSR count). The van der Waals surface area contributed by atoms with Gasteiger partial charge >= 0.3 is 11.4 Å². The van der Waals surface area contributed by atoms with E-state index in [-0.39, 0.29) is 25.6 Å². The molecule has 3 aromatic rings. The third-order valence-electron chi connectivity index (χ3n) is 4.66. The molecule has 0 aliphatic heterocycles. The molecular weight excluding hydrogens is 468 g/mol. The number of benzene rings is 2. The highest BCUT2D eigenvalue weighted by molar-refractivity contribution is 7.80. The van der Waals surface area contributed by atoms with Crippen molar-refractivity contribution in [1.82, 2.24) is 19.4 Å². The fourth-order valence-corrected chi connectivity index (χ4v) is 3.47. The van der Waals surface area contributed by atoms with E-state index in [2.05, 4.69) is 33.6 Å². The normalized spacial score (nSPS) is 10.7. The number of hydrogen-bond donors (Lipinski definition) is 5. The average Bonchev–Trinajstić information content (AvgIpc) is 2.79. The third kappa shape index (κ3) is 6.15.